The number of aliphatic hydroxyl groups excluding tert-OH is 1. The molecule has 8 nitrogen and oxygen atoms in total. The van der Waals surface area contributed by atoms with Gasteiger partial charge in [0.25, 0.3) is 0 Å². The first-order valence-electron chi connectivity index (χ1n) is 16.1. The maximum Gasteiger partial charge on any atom is 0.303 e. The Labute approximate surface area is 271 Å². The molecule has 8 heteroatoms. The Hall–Kier alpha value is -4.08. The Morgan fingerprint density at radius 2 is 1.63 bits per heavy atom. The van der Waals surface area contributed by atoms with Crippen LogP contribution in [0.3, 0.4) is 0 Å². The van der Waals surface area contributed by atoms with Gasteiger partial charge in [0.1, 0.15) is 0 Å². The van der Waals surface area contributed by atoms with Crippen molar-refractivity contribution < 1.29 is 29.3 Å². The lowest BCUT2D eigenvalue weighted by atomic mass is 9.98. The summed E-state index contributed by atoms with van der Waals surface area (Å²) in [6.07, 6.45) is 2.03. The third-order valence-electron chi connectivity index (χ3n) is 8.76. The SMILES string of the molecule is C[C@H](c1ccc2ccccc2c1)N(C)C[C@@H]1C[C@H](c2ccc(CO)cc2)O[C@H](c2cccc(NC(=O)CCCCCC(=O)O)c2)O1. The van der Waals surface area contributed by atoms with Crippen molar-refractivity contribution in [3.63, 3.8) is 0 Å². The summed E-state index contributed by atoms with van der Waals surface area (Å²) in [4.78, 5) is 25.6. The molecule has 3 N–H and O–H groups in total. The average molecular weight is 625 g/mol. The molecular weight excluding hydrogens is 580 g/mol. The minimum absolute atomic E-state index is 0.0154. The predicted octanol–water partition coefficient (Wildman–Crippen LogP) is 7.54. The summed E-state index contributed by atoms with van der Waals surface area (Å²) in [5.74, 6) is -0.923. The van der Waals surface area contributed by atoms with Gasteiger partial charge in [-0.2, -0.15) is 0 Å². The van der Waals surface area contributed by atoms with Gasteiger partial charge in [0.2, 0.25) is 5.91 Å². The Morgan fingerprint density at radius 1 is 0.870 bits per heavy atom. The van der Waals surface area contributed by atoms with Gasteiger partial charge < -0.3 is 25.0 Å². The summed E-state index contributed by atoms with van der Waals surface area (Å²) in [5, 5.41) is 23.8. The number of unbranched alkanes of at least 4 members (excludes halogenated alkanes) is 2. The highest BCUT2D eigenvalue weighted by molar-refractivity contribution is 5.90. The molecule has 0 aliphatic carbocycles. The second-order valence-electron chi connectivity index (χ2n) is 12.2. The summed E-state index contributed by atoms with van der Waals surface area (Å²) in [6, 6.07) is 30.6. The summed E-state index contributed by atoms with van der Waals surface area (Å²) in [7, 11) is 2.12. The van der Waals surface area contributed by atoms with E-state index in [1.54, 1.807) is 0 Å². The number of ether oxygens (including phenoxy) is 2. The number of amides is 1. The number of anilines is 1. The number of carboxylic acids is 1. The Balaban J connectivity index is 1.29. The maximum atomic E-state index is 12.6. The van der Waals surface area contributed by atoms with E-state index in [9.17, 15) is 14.7 Å². The van der Waals surface area contributed by atoms with E-state index in [0.29, 0.717) is 44.3 Å². The molecule has 0 spiro atoms. The maximum absolute atomic E-state index is 12.6. The molecule has 242 valence electrons. The molecule has 0 saturated carbocycles. The van der Waals surface area contributed by atoms with E-state index in [4.69, 9.17) is 14.6 Å². The van der Waals surface area contributed by atoms with Crippen LogP contribution in [-0.4, -0.2) is 46.7 Å². The number of aliphatic carboxylic acids is 1. The van der Waals surface area contributed by atoms with E-state index in [1.165, 1.54) is 16.3 Å². The molecule has 1 saturated heterocycles. The average Bonchev–Trinajstić information content (AvgIpc) is 3.07. The van der Waals surface area contributed by atoms with Gasteiger partial charge in [-0.3, -0.25) is 14.5 Å². The molecule has 46 heavy (non-hydrogen) atoms. The molecular formula is C38H44N2O6. The molecule has 1 heterocycles. The third kappa shape index (κ3) is 9.01. The molecule has 0 aromatic heterocycles. The zero-order chi connectivity index (χ0) is 32.5. The van der Waals surface area contributed by atoms with Gasteiger partial charge in [-0.1, -0.05) is 79.2 Å². The minimum atomic E-state index is -0.814. The Bertz CT molecular complexity index is 1610. The van der Waals surface area contributed by atoms with Gasteiger partial charge in [-0.15, -0.1) is 0 Å². The lowest BCUT2D eigenvalue weighted by Gasteiger charge is -2.39. The summed E-state index contributed by atoms with van der Waals surface area (Å²) in [6.45, 7) is 2.89. The topological polar surface area (TPSA) is 108 Å². The van der Waals surface area contributed by atoms with Crippen LogP contribution in [0.1, 0.15) is 86.1 Å². The van der Waals surface area contributed by atoms with Crippen LogP contribution in [0.4, 0.5) is 5.69 Å². The van der Waals surface area contributed by atoms with E-state index in [1.807, 2.05) is 48.5 Å². The number of likely N-dealkylation sites (N-methyl/N-ethyl adjacent to an activating group) is 1. The van der Waals surface area contributed by atoms with Crippen molar-refractivity contribution in [1.82, 2.24) is 4.90 Å². The van der Waals surface area contributed by atoms with Crippen LogP contribution in [0.2, 0.25) is 0 Å². The lowest BCUT2D eigenvalue weighted by molar-refractivity contribution is -0.253. The van der Waals surface area contributed by atoms with Crippen LogP contribution in [0.5, 0.6) is 0 Å². The van der Waals surface area contributed by atoms with Gasteiger partial charge in [0.05, 0.1) is 18.8 Å². The van der Waals surface area contributed by atoms with Crippen molar-refractivity contribution in [2.45, 2.75) is 76.6 Å². The molecule has 1 fully saturated rings. The van der Waals surface area contributed by atoms with Gasteiger partial charge >= 0.3 is 5.97 Å². The number of rotatable bonds is 14. The van der Waals surface area contributed by atoms with E-state index < -0.39 is 12.3 Å². The lowest BCUT2D eigenvalue weighted by Crippen LogP contribution is -2.38. The molecule has 1 amide bonds. The van der Waals surface area contributed by atoms with Gasteiger partial charge in [-0.05, 0) is 72.5 Å². The molecule has 1 aliphatic rings. The Kier molecular flexibility index (Phi) is 11.5. The molecule has 1 aliphatic heterocycles. The summed E-state index contributed by atoms with van der Waals surface area (Å²) in [5.41, 5.74) is 4.58. The van der Waals surface area contributed by atoms with E-state index in [2.05, 4.69) is 66.7 Å². The summed E-state index contributed by atoms with van der Waals surface area (Å²) >= 11 is 0. The first-order valence-corrected chi connectivity index (χ1v) is 16.1. The first kappa shape index (κ1) is 33.3. The molecule has 0 unspecified atom stereocenters. The third-order valence-corrected chi connectivity index (χ3v) is 8.76. The minimum Gasteiger partial charge on any atom is -0.481 e. The fourth-order valence-electron chi connectivity index (χ4n) is 5.96. The van der Waals surface area contributed by atoms with E-state index in [-0.39, 0.29) is 37.2 Å². The van der Waals surface area contributed by atoms with Crippen molar-refractivity contribution in [3.8, 4) is 0 Å². The van der Waals surface area contributed by atoms with Crippen molar-refractivity contribution in [3.05, 3.63) is 113 Å². The fourth-order valence-corrected chi connectivity index (χ4v) is 5.96. The highest BCUT2D eigenvalue weighted by Crippen LogP contribution is 2.39. The van der Waals surface area contributed by atoms with Crippen LogP contribution in [-0.2, 0) is 25.7 Å². The fraction of sp³-hybridized carbons (Fsp3) is 0.368. The van der Waals surface area contributed by atoms with Crippen molar-refractivity contribution in [2.24, 2.45) is 0 Å². The number of benzene rings is 4. The zero-order valence-corrected chi connectivity index (χ0v) is 26.6. The van der Waals surface area contributed by atoms with Crippen molar-refractivity contribution >= 4 is 28.3 Å². The number of carboxylic acid groups (broad SMARTS) is 1. The molecule has 0 radical (unpaired) electrons. The van der Waals surface area contributed by atoms with Gasteiger partial charge in [0, 0.05) is 43.1 Å². The number of nitrogens with zero attached hydrogens (tertiary/aromatic N) is 1. The smallest absolute Gasteiger partial charge is 0.303 e. The normalized spacial score (nSPS) is 18.8. The van der Waals surface area contributed by atoms with Crippen molar-refractivity contribution in [2.75, 3.05) is 18.9 Å². The number of fused-ring (bicyclic) bond motifs is 1. The van der Waals surface area contributed by atoms with Crippen LogP contribution < -0.4 is 5.32 Å². The standard InChI is InChI=1S/C38H44N2O6/c1-26(30-20-19-28-9-6-7-10-31(28)21-30)40(2)24-34-23-35(29-17-15-27(25-41)16-18-29)46-38(45-34)32-11-8-12-33(22-32)39-36(42)13-4-3-5-14-37(43)44/h6-12,15-22,26,34-35,38,41H,3-5,13-14,23-25H2,1-2H3,(H,39,42)(H,43,44)/t26-,34+,35-,38-/m1/s1. The number of nitrogens with one attached hydrogen (secondary N) is 1. The second-order valence-corrected chi connectivity index (χ2v) is 12.2. The number of carbonyl (C=O) groups excluding carboxylic acids is 1. The van der Waals surface area contributed by atoms with Gasteiger partial charge in [-0.25, -0.2) is 0 Å². The van der Waals surface area contributed by atoms with Gasteiger partial charge in [0.15, 0.2) is 6.29 Å². The molecule has 5 rings (SSSR count). The van der Waals surface area contributed by atoms with E-state index in [0.717, 1.165) is 16.7 Å². The molecule has 4 atom stereocenters. The number of hydrogen-bond donors (Lipinski definition) is 3. The van der Waals surface area contributed by atoms with Crippen LogP contribution in [0.25, 0.3) is 10.8 Å². The van der Waals surface area contributed by atoms with E-state index >= 15 is 0 Å². The first-order chi connectivity index (χ1) is 22.3. The molecule has 4 aromatic carbocycles. The summed E-state index contributed by atoms with van der Waals surface area (Å²) < 4.78 is 13.1. The van der Waals surface area contributed by atoms with Crippen LogP contribution in [0.15, 0.2) is 91.0 Å². The monoisotopic (exact) mass is 624 g/mol. The highest BCUT2D eigenvalue weighted by Gasteiger charge is 2.33. The number of hydrogen-bond acceptors (Lipinski definition) is 6. The predicted molar refractivity (Wildman–Crippen MR) is 179 cm³/mol. The highest BCUT2D eigenvalue weighted by atomic mass is 16.7. The Morgan fingerprint density at radius 3 is 2.39 bits per heavy atom. The quantitative estimate of drug-likeness (QED) is 0.124. The van der Waals surface area contributed by atoms with Crippen molar-refractivity contribution in [1.29, 1.82) is 0 Å². The number of aliphatic hydroxyl groups is 1. The zero-order valence-electron chi connectivity index (χ0n) is 26.6. The molecule has 0 bridgehead atoms. The van der Waals surface area contributed by atoms with Crippen LogP contribution in [0, 0.1) is 0 Å². The number of carbonyl (C=O) groups is 2. The molecule has 4 aromatic rings. The van der Waals surface area contributed by atoms with Crippen LogP contribution >= 0.6 is 0 Å². The largest absolute Gasteiger partial charge is 0.481 e. The second kappa shape index (κ2) is 16.0.